The summed E-state index contributed by atoms with van der Waals surface area (Å²) in [6.45, 7) is 1.80. The van der Waals surface area contributed by atoms with Gasteiger partial charge in [0.15, 0.2) is 5.78 Å². The summed E-state index contributed by atoms with van der Waals surface area (Å²) in [4.78, 5) is 21.9. The average Bonchev–Trinajstić information content (AvgIpc) is 2.39. The van der Waals surface area contributed by atoms with Gasteiger partial charge >= 0.3 is 0 Å². The molecule has 0 aromatic heterocycles. The standard InChI is InChI=1S/C14H16N2O3/c1-10-8-12(16(18)19)6-7-13(10)15-9-11-4-2-3-5-14(11)17/h6-9,15H,2-5H2,1H3/b11-9-. The molecule has 5 heteroatoms. The van der Waals surface area contributed by atoms with Crippen molar-refractivity contribution in [3.8, 4) is 0 Å². The van der Waals surface area contributed by atoms with E-state index in [2.05, 4.69) is 5.32 Å². The highest BCUT2D eigenvalue weighted by molar-refractivity contribution is 5.96. The number of anilines is 1. The lowest BCUT2D eigenvalue weighted by molar-refractivity contribution is -0.384. The third-order valence-corrected chi connectivity index (χ3v) is 3.28. The Morgan fingerprint density at radius 2 is 2.05 bits per heavy atom. The first-order valence-corrected chi connectivity index (χ1v) is 6.32. The SMILES string of the molecule is Cc1cc([N+](=O)[O-])ccc1N/C=C1/CCCCC1=O. The number of allylic oxidation sites excluding steroid dienone is 1. The quantitative estimate of drug-likeness (QED) is 0.514. The van der Waals surface area contributed by atoms with Crippen LogP contribution in [0.15, 0.2) is 30.0 Å². The minimum Gasteiger partial charge on any atom is -0.361 e. The van der Waals surface area contributed by atoms with Crippen LogP contribution in [0.25, 0.3) is 0 Å². The first-order valence-electron chi connectivity index (χ1n) is 6.32. The zero-order valence-electron chi connectivity index (χ0n) is 10.8. The molecule has 100 valence electrons. The van der Waals surface area contributed by atoms with E-state index in [4.69, 9.17) is 0 Å². The van der Waals surface area contributed by atoms with Crippen molar-refractivity contribution in [2.45, 2.75) is 32.6 Å². The summed E-state index contributed by atoms with van der Waals surface area (Å²) >= 11 is 0. The molecule has 0 aliphatic heterocycles. The van der Waals surface area contributed by atoms with Gasteiger partial charge in [-0.05, 0) is 37.8 Å². The van der Waals surface area contributed by atoms with Crippen LogP contribution in [0.5, 0.6) is 0 Å². The maximum absolute atomic E-state index is 11.6. The van der Waals surface area contributed by atoms with Gasteiger partial charge in [0, 0.05) is 36.0 Å². The first kappa shape index (κ1) is 13.3. The van der Waals surface area contributed by atoms with Crippen molar-refractivity contribution in [1.29, 1.82) is 0 Å². The number of nitro groups is 1. The molecule has 0 heterocycles. The predicted molar refractivity (Wildman–Crippen MR) is 73.0 cm³/mol. The second-order valence-electron chi connectivity index (χ2n) is 4.70. The topological polar surface area (TPSA) is 72.2 Å². The highest BCUT2D eigenvalue weighted by Gasteiger charge is 2.14. The fraction of sp³-hybridized carbons (Fsp3) is 0.357. The Hall–Kier alpha value is -2.17. The first-order chi connectivity index (χ1) is 9.08. The summed E-state index contributed by atoms with van der Waals surface area (Å²) < 4.78 is 0. The molecule has 1 fully saturated rings. The number of hydrogen-bond acceptors (Lipinski definition) is 4. The number of nitrogens with one attached hydrogen (secondary N) is 1. The van der Waals surface area contributed by atoms with E-state index in [-0.39, 0.29) is 11.5 Å². The number of carbonyl (C=O) groups is 1. The van der Waals surface area contributed by atoms with Gasteiger partial charge in [0.1, 0.15) is 0 Å². The molecule has 1 aliphatic rings. The Balaban J connectivity index is 2.13. The second kappa shape index (κ2) is 5.65. The van der Waals surface area contributed by atoms with Gasteiger partial charge in [0.05, 0.1) is 4.92 Å². The Labute approximate surface area is 111 Å². The van der Waals surface area contributed by atoms with E-state index >= 15 is 0 Å². The van der Waals surface area contributed by atoms with Crippen LogP contribution in [-0.2, 0) is 4.79 Å². The van der Waals surface area contributed by atoms with Crippen LogP contribution >= 0.6 is 0 Å². The Kier molecular flexibility index (Phi) is 3.94. The molecule has 0 amide bonds. The third kappa shape index (κ3) is 3.19. The fourth-order valence-electron chi connectivity index (χ4n) is 2.14. The molecule has 19 heavy (non-hydrogen) atoms. The van der Waals surface area contributed by atoms with Gasteiger partial charge in [0.2, 0.25) is 0 Å². The fourth-order valence-corrected chi connectivity index (χ4v) is 2.14. The highest BCUT2D eigenvalue weighted by atomic mass is 16.6. The molecule has 0 saturated heterocycles. The molecule has 2 rings (SSSR count). The number of non-ortho nitro benzene ring substituents is 1. The minimum absolute atomic E-state index is 0.0736. The van der Waals surface area contributed by atoms with Gasteiger partial charge in [-0.2, -0.15) is 0 Å². The van der Waals surface area contributed by atoms with E-state index in [1.54, 1.807) is 19.2 Å². The Bertz CT molecular complexity index is 550. The van der Waals surface area contributed by atoms with E-state index in [1.807, 2.05) is 0 Å². The Morgan fingerprint density at radius 3 is 2.68 bits per heavy atom. The van der Waals surface area contributed by atoms with Crippen molar-refractivity contribution in [3.63, 3.8) is 0 Å². The van der Waals surface area contributed by atoms with Gasteiger partial charge in [-0.1, -0.05) is 0 Å². The molecule has 0 bridgehead atoms. The third-order valence-electron chi connectivity index (χ3n) is 3.28. The van der Waals surface area contributed by atoms with E-state index < -0.39 is 4.92 Å². The molecule has 0 spiro atoms. The minimum atomic E-state index is -0.417. The number of nitro benzene ring substituents is 1. The van der Waals surface area contributed by atoms with Crippen LogP contribution in [0.3, 0.4) is 0 Å². The van der Waals surface area contributed by atoms with Crippen LogP contribution in [0.1, 0.15) is 31.2 Å². The molecule has 1 aliphatic carbocycles. The molecule has 1 aromatic carbocycles. The van der Waals surface area contributed by atoms with E-state index in [0.29, 0.717) is 6.42 Å². The highest BCUT2D eigenvalue weighted by Crippen LogP contribution is 2.23. The van der Waals surface area contributed by atoms with Crippen molar-refractivity contribution >= 4 is 17.2 Å². The normalized spacial score (nSPS) is 17.5. The van der Waals surface area contributed by atoms with Crippen LogP contribution in [0.2, 0.25) is 0 Å². The lowest BCUT2D eigenvalue weighted by atomic mass is 9.94. The van der Waals surface area contributed by atoms with Crippen molar-refractivity contribution in [2.75, 3.05) is 5.32 Å². The molecule has 0 radical (unpaired) electrons. The van der Waals surface area contributed by atoms with Gasteiger partial charge in [0.25, 0.3) is 5.69 Å². The van der Waals surface area contributed by atoms with E-state index in [9.17, 15) is 14.9 Å². The Morgan fingerprint density at radius 1 is 1.32 bits per heavy atom. The van der Waals surface area contributed by atoms with Gasteiger partial charge in [-0.25, -0.2) is 0 Å². The largest absolute Gasteiger partial charge is 0.361 e. The molecular weight excluding hydrogens is 244 g/mol. The summed E-state index contributed by atoms with van der Waals surface area (Å²) in [6.07, 6.45) is 5.16. The number of carbonyl (C=O) groups excluding carboxylic acids is 1. The number of aryl methyl sites for hydroxylation is 1. The number of nitrogens with zero attached hydrogens (tertiary/aromatic N) is 1. The molecule has 1 aromatic rings. The van der Waals surface area contributed by atoms with Crippen LogP contribution in [-0.4, -0.2) is 10.7 Å². The maximum Gasteiger partial charge on any atom is 0.269 e. The van der Waals surface area contributed by atoms with Gasteiger partial charge in [-0.3, -0.25) is 14.9 Å². The zero-order valence-corrected chi connectivity index (χ0v) is 10.8. The molecule has 1 N–H and O–H groups in total. The van der Waals surface area contributed by atoms with Crippen molar-refractivity contribution < 1.29 is 9.72 Å². The lowest BCUT2D eigenvalue weighted by Gasteiger charge is -2.13. The van der Waals surface area contributed by atoms with Crippen LogP contribution in [0.4, 0.5) is 11.4 Å². The molecule has 5 nitrogen and oxygen atoms in total. The van der Waals surface area contributed by atoms with E-state index in [0.717, 1.165) is 36.1 Å². The number of rotatable bonds is 3. The zero-order chi connectivity index (χ0) is 13.8. The van der Waals surface area contributed by atoms with E-state index in [1.165, 1.54) is 12.1 Å². The summed E-state index contributed by atoms with van der Waals surface area (Å²) in [7, 11) is 0. The van der Waals surface area contributed by atoms with Crippen LogP contribution in [0, 0.1) is 17.0 Å². The number of Topliss-reactive ketones (excluding diaryl/α,β-unsaturated/α-hetero) is 1. The number of hydrogen-bond donors (Lipinski definition) is 1. The van der Waals surface area contributed by atoms with Crippen molar-refractivity contribution in [1.82, 2.24) is 0 Å². The summed E-state index contributed by atoms with van der Waals surface area (Å²) in [5.41, 5.74) is 2.46. The van der Waals surface area contributed by atoms with Crippen LogP contribution < -0.4 is 5.32 Å². The molecule has 1 saturated carbocycles. The predicted octanol–water partition coefficient (Wildman–Crippen LogP) is 3.34. The summed E-state index contributed by atoms with van der Waals surface area (Å²) in [6, 6.07) is 4.64. The molecule has 0 unspecified atom stereocenters. The van der Waals surface area contributed by atoms with Crippen molar-refractivity contribution in [2.24, 2.45) is 0 Å². The van der Waals surface area contributed by atoms with Gasteiger partial charge in [-0.15, -0.1) is 0 Å². The number of ketones is 1. The second-order valence-corrected chi connectivity index (χ2v) is 4.70. The lowest BCUT2D eigenvalue weighted by Crippen LogP contribution is -2.10. The molecule has 0 atom stereocenters. The monoisotopic (exact) mass is 260 g/mol. The molecular formula is C14H16N2O3. The number of benzene rings is 1. The van der Waals surface area contributed by atoms with Crippen molar-refractivity contribution in [3.05, 3.63) is 45.6 Å². The maximum atomic E-state index is 11.6. The summed E-state index contributed by atoms with van der Waals surface area (Å²) in [5, 5.41) is 13.7. The average molecular weight is 260 g/mol. The smallest absolute Gasteiger partial charge is 0.269 e. The van der Waals surface area contributed by atoms with Gasteiger partial charge < -0.3 is 5.32 Å². The summed E-state index contributed by atoms with van der Waals surface area (Å²) in [5.74, 6) is 0.193.